The monoisotopic (exact) mass is 193 g/mol. The summed E-state index contributed by atoms with van der Waals surface area (Å²) < 4.78 is 7.15. The largest absolute Gasteiger partial charge is 0.458 e. The van der Waals surface area contributed by atoms with Crippen molar-refractivity contribution in [1.82, 2.24) is 4.57 Å². The van der Waals surface area contributed by atoms with Crippen LogP contribution in [0.1, 0.15) is 32.0 Å². The Hall–Kier alpha value is -1.25. The lowest BCUT2D eigenvalue weighted by molar-refractivity contribution is -0.152. The maximum atomic E-state index is 11.5. The molecule has 2 rings (SSSR count). The topological polar surface area (TPSA) is 31.2 Å². The van der Waals surface area contributed by atoms with E-state index < -0.39 is 0 Å². The number of carbonyl (C=O) groups is 1. The van der Waals surface area contributed by atoms with Gasteiger partial charge in [0.05, 0.1) is 5.69 Å². The molecule has 0 aromatic carbocycles. The van der Waals surface area contributed by atoms with E-state index in [1.165, 1.54) is 0 Å². The van der Waals surface area contributed by atoms with Gasteiger partial charge in [0.25, 0.3) is 0 Å². The lowest BCUT2D eigenvalue weighted by Crippen LogP contribution is -2.29. The molecule has 3 heteroatoms. The van der Waals surface area contributed by atoms with Crippen LogP contribution in [0.25, 0.3) is 0 Å². The SMILES string of the molecule is CC(C)C[C@@H]1C(=O)OCc2cccn21. The van der Waals surface area contributed by atoms with Crippen molar-refractivity contribution in [1.29, 1.82) is 0 Å². The van der Waals surface area contributed by atoms with Crippen molar-refractivity contribution in [3.63, 3.8) is 0 Å². The van der Waals surface area contributed by atoms with Gasteiger partial charge in [-0.3, -0.25) is 0 Å². The third kappa shape index (κ3) is 1.54. The van der Waals surface area contributed by atoms with Crippen molar-refractivity contribution in [2.45, 2.75) is 32.9 Å². The number of cyclic esters (lactones) is 1. The van der Waals surface area contributed by atoms with Crippen molar-refractivity contribution in [2.75, 3.05) is 0 Å². The van der Waals surface area contributed by atoms with E-state index in [0.29, 0.717) is 12.5 Å². The fourth-order valence-electron chi connectivity index (χ4n) is 1.87. The molecule has 0 radical (unpaired) electrons. The summed E-state index contributed by atoms with van der Waals surface area (Å²) in [7, 11) is 0. The zero-order valence-electron chi connectivity index (χ0n) is 8.56. The molecule has 1 aliphatic heterocycles. The van der Waals surface area contributed by atoms with Crippen molar-refractivity contribution >= 4 is 5.97 Å². The molecular weight excluding hydrogens is 178 g/mol. The lowest BCUT2D eigenvalue weighted by atomic mass is 10.0. The molecule has 1 aromatic heterocycles. The van der Waals surface area contributed by atoms with Crippen LogP contribution in [0.3, 0.4) is 0 Å². The van der Waals surface area contributed by atoms with E-state index in [1.54, 1.807) is 0 Å². The first-order valence-electron chi connectivity index (χ1n) is 5.01. The number of nitrogens with zero attached hydrogens (tertiary/aromatic N) is 1. The fourth-order valence-corrected chi connectivity index (χ4v) is 1.87. The number of hydrogen-bond acceptors (Lipinski definition) is 2. The highest BCUT2D eigenvalue weighted by molar-refractivity contribution is 5.75. The highest BCUT2D eigenvalue weighted by Crippen LogP contribution is 2.26. The van der Waals surface area contributed by atoms with Gasteiger partial charge in [0, 0.05) is 6.20 Å². The molecule has 1 aliphatic rings. The van der Waals surface area contributed by atoms with Gasteiger partial charge in [-0.2, -0.15) is 0 Å². The second-order valence-corrected chi connectivity index (χ2v) is 4.16. The van der Waals surface area contributed by atoms with E-state index in [4.69, 9.17) is 4.74 Å². The second-order valence-electron chi connectivity index (χ2n) is 4.16. The van der Waals surface area contributed by atoms with Crippen LogP contribution in [-0.4, -0.2) is 10.5 Å². The Labute approximate surface area is 83.7 Å². The van der Waals surface area contributed by atoms with Gasteiger partial charge in [-0.1, -0.05) is 13.8 Å². The summed E-state index contributed by atoms with van der Waals surface area (Å²) in [5, 5.41) is 0. The average molecular weight is 193 g/mol. The zero-order chi connectivity index (χ0) is 10.1. The quantitative estimate of drug-likeness (QED) is 0.674. The predicted octanol–water partition coefficient (Wildman–Crippen LogP) is 2.13. The second kappa shape index (κ2) is 3.48. The molecule has 1 aromatic rings. The van der Waals surface area contributed by atoms with E-state index in [9.17, 15) is 4.79 Å². The maximum Gasteiger partial charge on any atom is 0.329 e. The number of hydrogen-bond donors (Lipinski definition) is 0. The molecule has 0 saturated heterocycles. The molecule has 76 valence electrons. The molecule has 0 aliphatic carbocycles. The number of esters is 1. The summed E-state index contributed by atoms with van der Waals surface area (Å²) in [5.74, 6) is 0.406. The summed E-state index contributed by atoms with van der Waals surface area (Å²) in [4.78, 5) is 11.5. The number of ether oxygens (including phenoxy) is 1. The van der Waals surface area contributed by atoms with Crippen LogP contribution in [0, 0.1) is 5.92 Å². The number of aromatic nitrogens is 1. The molecule has 0 unspecified atom stereocenters. The zero-order valence-corrected chi connectivity index (χ0v) is 8.56. The molecule has 14 heavy (non-hydrogen) atoms. The summed E-state index contributed by atoms with van der Waals surface area (Å²) >= 11 is 0. The van der Waals surface area contributed by atoms with Gasteiger partial charge in [0.15, 0.2) is 0 Å². The molecule has 0 N–H and O–H groups in total. The summed E-state index contributed by atoms with van der Waals surface area (Å²) in [5.41, 5.74) is 1.09. The van der Waals surface area contributed by atoms with Crippen LogP contribution >= 0.6 is 0 Å². The molecule has 0 fully saturated rings. The van der Waals surface area contributed by atoms with E-state index in [0.717, 1.165) is 12.1 Å². The number of carbonyl (C=O) groups excluding carboxylic acids is 1. The lowest BCUT2D eigenvalue weighted by Gasteiger charge is -2.26. The van der Waals surface area contributed by atoms with E-state index in [1.807, 2.05) is 22.9 Å². The van der Waals surface area contributed by atoms with Crippen molar-refractivity contribution in [3.8, 4) is 0 Å². The van der Waals surface area contributed by atoms with Gasteiger partial charge < -0.3 is 9.30 Å². The smallest absolute Gasteiger partial charge is 0.329 e. The third-order valence-corrected chi connectivity index (χ3v) is 2.53. The molecule has 2 heterocycles. The van der Waals surface area contributed by atoms with Crippen molar-refractivity contribution in [2.24, 2.45) is 5.92 Å². The summed E-state index contributed by atoms with van der Waals surface area (Å²) in [6.07, 6.45) is 2.81. The Bertz CT molecular complexity index is 341. The van der Waals surface area contributed by atoms with Gasteiger partial charge in [0.1, 0.15) is 12.6 Å². The molecule has 0 amide bonds. The number of fused-ring (bicyclic) bond motifs is 1. The van der Waals surface area contributed by atoms with Crippen LogP contribution in [0.4, 0.5) is 0 Å². The van der Waals surface area contributed by atoms with Gasteiger partial charge in [-0.05, 0) is 24.5 Å². The molecule has 1 atom stereocenters. The Morgan fingerprint density at radius 3 is 3.14 bits per heavy atom. The Kier molecular flexibility index (Phi) is 2.32. The van der Waals surface area contributed by atoms with E-state index in [-0.39, 0.29) is 12.0 Å². The Balaban J connectivity index is 2.27. The molecule has 3 nitrogen and oxygen atoms in total. The molecular formula is C11H15NO2. The Morgan fingerprint density at radius 1 is 1.64 bits per heavy atom. The summed E-state index contributed by atoms with van der Waals surface area (Å²) in [6.45, 7) is 4.65. The van der Waals surface area contributed by atoms with E-state index in [2.05, 4.69) is 13.8 Å². The average Bonchev–Trinajstić information content (AvgIpc) is 2.57. The molecule has 0 spiro atoms. The maximum absolute atomic E-state index is 11.5. The minimum Gasteiger partial charge on any atom is -0.458 e. The van der Waals surface area contributed by atoms with Gasteiger partial charge in [-0.25, -0.2) is 4.79 Å². The van der Waals surface area contributed by atoms with Crippen LogP contribution in [0.2, 0.25) is 0 Å². The van der Waals surface area contributed by atoms with Gasteiger partial charge in [-0.15, -0.1) is 0 Å². The van der Waals surface area contributed by atoms with Crippen LogP contribution < -0.4 is 0 Å². The summed E-state index contributed by atoms with van der Waals surface area (Å²) in [6, 6.07) is 3.85. The third-order valence-electron chi connectivity index (χ3n) is 2.53. The first kappa shape index (κ1) is 9.31. The predicted molar refractivity (Wildman–Crippen MR) is 52.7 cm³/mol. The highest BCUT2D eigenvalue weighted by Gasteiger charge is 2.28. The van der Waals surface area contributed by atoms with Crippen LogP contribution in [-0.2, 0) is 16.1 Å². The minimum absolute atomic E-state index is 0.0950. The van der Waals surface area contributed by atoms with Crippen LogP contribution in [0.15, 0.2) is 18.3 Å². The first-order valence-corrected chi connectivity index (χ1v) is 5.01. The minimum atomic E-state index is -0.117. The molecule has 0 saturated carbocycles. The van der Waals surface area contributed by atoms with E-state index >= 15 is 0 Å². The standard InChI is InChI=1S/C11H15NO2/c1-8(2)6-10-11(13)14-7-9-4-3-5-12(9)10/h3-5,8,10H,6-7H2,1-2H3/t10-/m1/s1. The first-order chi connectivity index (χ1) is 6.68. The Morgan fingerprint density at radius 2 is 2.43 bits per heavy atom. The fraction of sp³-hybridized carbons (Fsp3) is 0.545. The van der Waals surface area contributed by atoms with Crippen LogP contribution in [0.5, 0.6) is 0 Å². The van der Waals surface area contributed by atoms with Crippen molar-refractivity contribution < 1.29 is 9.53 Å². The van der Waals surface area contributed by atoms with Gasteiger partial charge >= 0.3 is 5.97 Å². The van der Waals surface area contributed by atoms with Gasteiger partial charge in [0.2, 0.25) is 0 Å². The highest BCUT2D eigenvalue weighted by atomic mass is 16.5. The molecule has 0 bridgehead atoms. The normalized spacial score (nSPS) is 20.8. The number of rotatable bonds is 2. The van der Waals surface area contributed by atoms with Crippen molar-refractivity contribution in [3.05, 3.63) is 24.0 Å².